The lowest BCUT2D eigenvalue weighted by molar-refractivity contribution is -0.0142. The summed E-state index contributed by atoms with van der Waals surface area (Å²) >= 11 is 0. The zero-order valence-corrected chi connectivity index (χ0v) is 13.9. The lowest BCUT2D eigenvalue weighted by Gasteiger charge is -2.31. The second kappa shape index (κ2) is 6.99. The Hall–Kier alpha value is -2.78. The highest BCUT2D eigenvalue weighted by Gasteiger charge is 2.41. The van der Waals surface area contributed by atoms with Crippen molar-refractivity contribution in [2.45, 2.75) is 25.0 Å². The van der Waals surface area contributed by atoms with Gasteiger partial charge in [-0.2, -0.15) is 5.26 Å². The number of rotatable bonds is 6. The highest BCUT2D eigenvalue weighted by atomic mass is 19.1. The van der Waals surface area contributed by atoms with E-state index in [-0.39, 0.29) is 5.82 Å². The molecular formula is C19H18FN3O2. The molecule has 0 saturated carbocycles. The van der Waals surface area contributed by atoms with Crippen molar-refractivity contribution in [1.29, 1.82) is 5.26 Å². The lowest BCUT2D eigenvalue weighted by atomic mass is 9.81. The van der Waals surface area contributed by atoms with Crippen molar-refractivity contribution in [2.24, 2.45) is 5.29 Å². The monoisotopic (exact) mass is 339 g/mol. The molecule has 6 heteroatoms. The standard InChI is InChI=1S/C19H18FN3O2/c1-23(22-24)10-2-9-19(16-4-6-17(20)7-5-16)18-8-3-14(12-21)11-15(18)13-25-19/h3-8,11H,2,9-10,13H2,1H3. The Kier molecular flexibility index (Phi) is 4.77. The van der Waals surface area contributed by atoms with Gasteiger partial charge in [-0.25, -0.2) is 4.39 Å². The summed E-state index contributed by atoms with van der Waals surface area (Å²) in [5, 5.41) is 13.3. The fourth-order valence-electron chi connectivity index (χ4n) is 3.36. The van der Waals surface area contributed by atoms with Gasteiger partial charge in [0.05, 0.1) is 23.5 Å². The van der Waals surface area contributed by atoms with Crippen LogP contribution < -0.4 is 0 Å². The molecule has 0 aromatic heterocycles. The van der Waals surface area contributed by atoms with Crippen LogP contribution in [-0.4, -0.2) is 18.6 Å². The van der Waals surface area contributed by atoms with E-state index in [9.17, 15) is 9.30 Å². The smallest absolute Gasteiger partial charge is 0.123 e. The van der Waals surface area contributed by atoms with Gasteiger partial charge in [0.25, 0.3) is 0 Å². The van der Waals surface area contributed by atoms with E-state index >= 15 is 0 Å². The SMILES string of the molecule is CN(CCCC1(c2ccc(F)cc2)OCc2cc(C#N)ccc21)N=O. The molecule has 1 atom stereocenters. The molecule has 0 N–H and O–H groups in total. The van der Waals surface area contributed by atoms with Crippen molar-refractivity contribution >= 4 is 0 Å². The van der Waals surface area contributed by atoms with E-state index in [1.165, 1.54) is 17.1 Å². The van der Waals surface area contributed by atoms with Crippen LogP contribution in [0, 0.1) is 22.1 Å². The summed E-state index contributed by atoms with van der Waals surface area (Å²) in [4.78, 5) is 10.6. The maximum atomic E-state index is 13.4. The third kappa shape index (κ3) is 3.24. The van der Waals surface area contributed by atoms with E-state index in [0.717, 1.165) is 16.7 Å². The number of ether oxygens (including phenoxy) is 1. The first-order chi connectivity index (χ1) is 12.1. The van der Waals surface area contributed by atoms with Crippen molar-refractivity contribution in [2.75, 3.05) is 13.6 Å². The van der Waals surface area contributed by atoms with Crippen LogP contribution in [0.1, 0.15) is 35.1 Å². The zero-order chi connectivity index (χ0) is 17.9. The predicted molar refractivity (Wildman–Crippen MR) is 90.8 cm³/mol. The molecule has 5 nitrogen and oxygen atoms in total. The molecule has 3 rings (SSSR count). The normalized spacial score (nSPS) is 18.4. The second-order valence-electron chi connectivity index (χ2n) is 6.17. The number of hydrogen-bond donors (Lipinski definition) is 0. The van der Waals surface area contributed by atoms with Gasteiger partial charge in [-0.05, 0) is 53.8 Å². The van der Waals surface area contributed by atoms with E-state index in [2.05, 4.69) is 11.4 Å². The van der Waals surface area contributed by atoms with Crippen molar-refractivity contribution < 1.29 is 9.13 Å². The molecule has 2 aromatic rings. The largest absolute Gasteiger partial charge is 0.361 e. The topological polar surface area (TPSA) is 65.7 Å². The summed E-state index contributed by atoms with van der Waals surface area (Å²) in [6.07, 6.45) is 1.30. The third-order valence-electron chi connectivity index (χ3n) is 4.60. The van der Waals surface area contributed by atoms with Crippen LogP contribution >= 0.6 is 0 Å². The van der Waals surface area contributed by atoms with E-state index in [0.29, 0.717) is 31.6 Å². The quantitative estimate of drug-likeness (QED) is 0.592. The Bertz CT molecular complexity index is 816. The maximum absolute atomic E-state index is 13.4. The average Bonchev–Trinajstić information content (AvgIpc) is 3.01. The minimum absolute atomic E-state index is 0.304. The molecule has 25 heavy (non-hydrogen) atoms. The van der Waals surface area contributed by atoms with Gasteiger partial charge in [0.15, 0.2) is 0 Å². The van der Waals surface area contributed by atoms with E-state index in [1.807, 2.05) is 12.1 Å². The summed E-state index contributed by atoms with van der Waals surface area (Å²) in [5.41, 5.74) is 2.69. The molecule has 0 amide bonds. The average molecular weight is 339 g/mol. The molecule has 1 unspecified atom stereocenters. The molecule has 0 fully saturated rings. The first kappa shape index (κ1) is 17.1. The van der Waals surface area contributed by atoms with Gasteiger partial charge in [-0.1, -0.05) is 18.2 Å². The molecule has 128 valence electrons. The summed E-state index contributed by atoms with van der Waals surface area (Å²) < 4.78 is 19.6. The molecule has 0 saturated heterocycles. The number of fused-ring (bicyclic) bond motifs is 1. The predicted octanol–water partition coefficient (Wildman–Crippen LogP) is 3.86. The van der Waals surface area contributed by atoms with Crippen molar-refractivity contribution in [3.05, 3.63) is 75.4 Å². The number of benzene rings is 2. The van der Waals surface area contributed by atoms with Gasteiger partial charge in [0.1, 0.15) is 11.4 Å². The van der Waals surface area contributed by atoms with E-state index in [4.69, 9.17) is 10.00 Å². The van der Waals surface area contributed by atoms with Crippen LogP contribution in [0.5, 0.6) is 0 Å². The highest BCUT2D eigenvalue weighted by Crippen LogP contribution is 2.45. The van der Waals surface area contributed by atoms with Crippen LogP contribution in [0.2, 0.25) is 0 Å². The Morgan fingerprint density at radius 3 is 2.76 bits per heavy atom. The van der Waals surface area contributed by atoms with E-state index in [1.54, 1.807) is 25.2 Å². The Labute approximate surface area is 145 Å². The van der Waals surface area contributed by atoms with Gasteiger partial charge in [-0.3, -0.25) is 5.01 Å². The molecule has 0 aliphatic carbocycles. The summed E-state index contributed by atoms with van der Waals surface area (Å²) in [6.45, 7) is 0.894. The van der Waals surface area contributed by atoms with Crippen molar-refractivity contribution in [3.8, 4) is 6.07 Å². The first-order valence-corrected chi connectivity index (χ1v) is 8.07. The van der Waals surface area contributed by atoms with Crippen LogP contribution in [0.4, 0.5) is 4.39 Å². The number of hydrogen-bond acceptors (Lipinski definition) is 4. The minimum Gasteiger partial charge on any atom is -0.361 e. The number of nitrogens with zero attached hydrogens (tertiary/aromatic N) is 3. The number of nitriles is 1. The Morgan fingerprint density at radius 1 is 1.32 bits per heavy atom. The lowest BCUT2D eigenvalue weighted by Crippen LogP contribution is -2.28. The maximum Gasteiger partial charge on any atom is 0.123 e. The van der Waals surface area contributed by atoms with Crippen LogP contribution in [0.25, 0.3) is 0 Å². The van der Waals surface area contributed by atoms with Gasteiger partial charge >= 0.3 is 0 Å². The molecule has 0 radical (unpaired) electrons. The Balaban J connectivity index is 1.99. The molecule has 1 aliphatic rings. The second-order valence-corrected chi connectivity index (χ2v) is 6.17. The summed E-state index contributed by atoms with van der Waals surface area (Å²) in [7, 11) is 1.63. The molecular weight excluding hydrogens is 321 g/mol. The van der Waals surface area contributed by atoms with Crippen molar-refractivity contribution in [1.82, 2.24) is 5.01 Å². The third-order valence-corrected chi connectivity index (χ3v) is 4.60. The van der Waals surface area contributed by atoms with Crippen LogP contribution in [0.15, 0.2) is 47.8 Å². The van der Waals surface area contributed by atoms with Crippen LogP contribution in [0.3, 0.4) is 0 Å². The first-order valence-electron chi connectivity index (χ1n) is 8.07. The molecule has 0 spiro atoms. The molecule has 1 aliphatic heterocycles. The fraction of sp³-hybridized carbons (Fsp3) is 0.316. The number of halogens is 1. The molecule has 2 aromatic carbocycles. The van der Waals surface area contributed by atoms with Crippen molar-refractivity contribution in [3.63, 3.8) is 0 Å². The van der Waals surface area contributed by atoms with Crippen LogP contribution in [-0.2, 0) is 16.9 Å². The van der Waals surface area contributed by atoms with Gasteiger partial charge < -0.3 is 4.74 Å². The fourth-order valence-corrected chi connectivity index (χ4v) is 3.36. The van der Waals surface area contributed by atoms with E-state index < -0.39 is 5.60 Å². The van der Waals surface area contributed by atoms with Gasteiger partial charge in [0, 0.05) is 13.6 Å². The summed E-state index contributed by atoms with van der Waals surface area (Å²) in [6, 6.07) is 13.9. The van der Waals surface area contributed by atoms with Gasteiger partial charge in [-0.15, -0.1) is 4.91 Å². The minimum atomic E-state index is -0.708. The Morgan fingerprint density at radius 2 is 2.08 bits per heavy atom. The molecule has 1 heterocycles. The number of nitroso groups, excluding NO2 is 1. The van der Waals surface area contributed by atoms with Gasteiger partial charge in [0.2, 0.25) is 0 Å². The molecule has 0 bridgehead atoms. The zero-order valence-electron chi connectivity index (χ0n) is 13.9. The highest BCUT2D eigenvalue weighted by molar-refractivity contribution is 5.47. The summed E-state index contributed by atoms with van der Waals surface area (Å²) in [5.74, 6) is -0.304.